The van der Waals surface area contributed by atoms with Crippen LogP contribution in [0.1, 0.15) is 213 Å². The van der Waals surface area contributed by atoms with Gasteiger partial charge in [-0.2, -0.15) is 0 Å². The smallest absolute Gasteiger partial charge is 0.268 e. The first kappa shape index (κ1) is 55.7. The third-order valence-corrected chi connectivity index (χ3v) is 11.6. The molecule has 0 spiro atoms. The zero-order valence-corrected chi connectivity index (χ0v) is 38.9. The number of aliphatic hydroxyl groups is 1. The van der Waals surface area contributed by atoms with Crippen LogP contribution < -0.4 is 10.2 Å². The molecular weight excluding hydrogens is 732 g/mol. The van der Waals surface area contributed by atoms with Gasteiger partial charge in [0.1, 0.15) is 13.2 Å². The Hall–Kier alpha value is -1.28. The fourth-order valence-electron chi connectivity index (χ4n) is 6.84. The topological polar surface area (TPSA) is 108 Å². The lowest BCUT2D eigenvalue weighted by Gasteiger charge is -2.29. The number of hydrogen-bond acceptors (Lipinski definition) is 6. The predicted molar refractivity (Wildman–Crippen MR) is 242 cm³/mol. The minimum atomic E-state index is -4.59. The van der Waals surface area contributed by atoms with Crippen molar-refractivity contribution >= 4 is 13.7 Å². The number of nitrogens with one attached hydrogen (secondary N) is 1. The second-order valence-electron chi connectivity index (χ2n) is 17.4. The van der Waals surface area contributed by atoms with Crippen LogP contribution in [0.2, 0.25) is 0 Å². The van der Waals surface area contributed by atoms with Gasteiger partial charge in [0.25, 0.3) is 7.82 Å². The van der Waals surface area contributed by atoms with Crippen LogP contribution in [0, 0.1) is 0 Å². The van der Waals surface area contributed by atoms with E-state index < -0.39 is 26.6 Å². The monoisotopic (exact) mass is 825 g/mol. The SMILES string of the molecule is CC/C=C/CC/C=C/CC/C=C/C(O)C(COP(=O)([O-])OCC[N+](C)(C)C)NC(=O)CCCCCCCCCCCCCCCCCCCCCCCCCCC. The summed E-state index contributed by atoms with van der Waals surface area (Å²) in [7, 11) is 1.24. The van der Waals surface area contributed by atoms with E-state index in [-0.39, 0.29) is 12.5 Å². The second kappa shape index (κ2) is 40.1. The van der Waals surface area contributed by atoms with E-state index in [0.29, 0.717) is 17.4 Å². The summed E-state index contributed by atoms with van der Waals surface area (Å²) in [6.45, 7) is 4.50. The van der Waals surface area contributed by atoms with E-state index in [0.717, 1.165) is 51.4 Å². The molecule has 0 fully saturated rings. The van der Waals surface area contributed by atoms with Crippen LogP contribution in [-0.4, -0.2) is 68.5 Å². The molecule has 0 saturated carbocycles. The third kappa shape index (κ3) is 42.6. The van der Waals surface area contributed by atoms with Crippen LogP contribution in [0.15, 0.2) is 36.5 Å². The quantitative estimate of drug-likeness (QED) is 0.0274. The van der Waals surface area contributed by atoms with Crippen molar-refractivity contribution in [3.8, 4) is 0 Å². The molecule has 57 heavy (non-hydrogen) atoms. The van der Waals surface area contributed by atoms with Gasteiger partial charge < -0.3 is 28.8 Å². The number of allylic oxidation sites excluding steroid dienone is 5. The van der Waals surface area contributed by atoms with Crippen LogP contribution in [-0.2, 0) is 18.4 Å². The fraction of sp³-hybridized carbons (Fsp3) is 0.854. The summed E-state index contributed by atoms with van der Waals surface area (Å²) in [6, 6.07) is -0.905. The van der Waals surface area contributed by atoms with E-state index in [1.165, 1.54) is 141 Å². The van der Waals surface area contributed by atoms with Gasteiger partial charge in [-0.3, -0.25) is 9.36 Å². The maximum absolute atomic E-state index is 12.8. The molecule has 8 nitrogen and oxygen atoms in total. The fourth-order valence-corrected chi connectivity index (χ4v) is 7.56. The number of nitrogens with zero attached hydrogens (tertiary/aromatic N) is 1. The molecule has 0 aromatic rings. The highest BCUT2D eigenvalue weighted by molar-refractivity contribution is 7.45. The van der Waals surface area contributed by atoms with Gasteiger partial charge in [-0.1, -0.05) is 204 Å². The summed E-state index contributed by atoms with van der Waals surface area (Å²) in [5.74, 6) is -0.211. The van der Waals surface area contributed by atoms with Gasteiger partial charge in [0.2, 0.25) is 5.91 Å². The van der Waals surface area contributed by atoms with E-state index in [1.807, 2.05) is 27.2 Å². The summed E-state index contributed by atoms with van der Waals surface area (Å²) in [6.07, 6.45) is 49.4. The van der Waals surface area contributed by atoms with Gasteiger partial charge in [-0.25, -0.2) is 0 Å². The van der Waals surface area contributed by atoms with Gasteiger partial charge in [0, 0.05) is 6.42 Å². The van der Waals surface area contributed by atoms with Crippen molar-refractivity contribution in [2.75, 3.05) is 40.9 Å². The molecule has 0 aliphatic carbocycles. The highest BCUT2D eigenvalue weighted by Crippen LogP contribution is 2.38. The molecule has 0 aliphatic heterocycles. The standard InChI is InChI=1S/C48H93N2O6P/c1-6-8-10-12-14-16-18-19-20-21-22-23-24-25-26-27-28-29-30-31-32-34-36-38-40-42-48(52)49-46(45-56-57(53,54)55-44-43-50(3,4)5)47(51)41-39-37-35-33-17-15-13-11-9-7-2/h9,11,17,33,39,41,46-47,51H,6-8,10,12-16,18-32,34-38,40,42-45H2,1-5H3,(H-,49,52,53,54)/b11-9+,33-17+,41-39+. The van der Waals surface area contributed by atoms with E-state index >= 15 is 0 Å². The van der Waals surface area contributed by atoms with Crippen molar-refractivity contribution in [2.45, 2.75) is 225 Å². The average molecular weight is 825 g/mol. The van der Waals surface area contributed by atoms with Crippen molar-refractivity contribution in [3.63, 3.8) is 0 Å². The molecule has 0 saturated heterocycles. The predicted octanol–water partition coefficient (Wildman–Crippen LogP) is 12.8. The second-order valence-corrected chi connectivity index (χ2v) is 18.8. The van der Waals surface area contributed by atoms with E-state index in [1.54, 1.807) is 6.08 Å². The summed E-state index contributed by atoms with van der Waals surface area (Å²) in [5.41, 5.74) is 0. The Morgan fingerprint density at radius 1 is 0.614 bits per heavy atom. The Balaban J connectivity index is 4.14. The lowest BCUT2D eigenvalue weighted by Crippen LogP contribution is -2.45. The molecule has 2 N–H and O–H groups in total. The van der Waals surface area contributed by atoms with Crippen LogP contribution in [0.3, 0.4) is 0 Å². The lowest BCUT2D eigenvalue weighted by atomic mass is 10.0. The molecule has 3 atom stereocenters. The summed E-state index contributed by atoms with van der Waals surface area (Å²) < 4.78 is 23.1. The Morgan fingerprint density at radius 3 is 1.40 bits per heavy atom. The van der Waals surface area contributed by atoms with Gasteiger partial charge in [0.15, 0.2) is 0 Å². The molecule has 0 heterocycles. The molecule has 0 aromatic carbocycles. The van der Waals surface area contributed by atoms with Crippen molar-refractivity contribution in [1.29, 1.82) is 0 Å². The summed E-state index contributed by atoms with van der Waals surface area (Å²) in [4.78, 5) is 25.3. The number of amides is 1. The van der Waals surface area contributed by atoms with Crippen LogP contribution in [0.4, 0.5) is 0 Å². The number of phosphoric acid groups is 1. The average Bonchev–Trinajstić information content (AvgIpc) is 3.16. The number of phosphoric ester groups is 1. The molecule has 3 unspecified atom stereocenters. The number of hydrogen-bond donors (Lipinski definition) is 2. The number of likely N-dealkylation sites (N-methyl/N-ethyl adjacent to an activating group) is 1. The molecular formula is C48H93N2O6P. The van der Waals surface area contributed by atoms with Crippen LogP contribution >= 0.6 is 7.82 Å². The Bertz CT molecular complexity index is 1030. The van der Waals surface area contributed by atoms with Gasteiger partial charge in [0.05, 0.1) is 39.9 Å². The highest BCUT2D eigenvalue weighted by Gasteiger charge is 2.23. The molecule has 0 bridgehead atoms. The van der Waals surface area contributed by atoms with Gasteiger partial charge in [-0.15, -0.1) is 0 Å². The number of quaternary nitrogens is 1. The molecule has 0 aliphatic rings. The zero-order valence-electron chi connectivity index (χ0n) is 38.0. The normalized spacial score (nSPS) is 14.6. The Labute approximate surface area is 353 Å². The molecule has 0 rings (SSSR count). The van der Waals surface area contributed by atoms with Crippen molar-refractivity contribution < 1.29 is 32.9 Å². The maximum atomic E-state index is 12.8. The van der Waals surface area contributed by atoms with E-state index in [9.17, 15) is 19.4 Å². The molecule has 1 amide bonds. The zero-order chi connectivity index (χ0) is 42.1. The number of carbonyl (C=O) groups is 1. The Kier molecular flexibility index (Phi) is 39.2. The first-order chi connectivity index (χ1) is 27.5. The number of unbranched alkanes of at least 4 members (excludes halogenated alkanes) is 26. The van der Waals surface area contributed by atoms with Crippen molar-refractivity contribution in [3.05, 3.63) is 36.5 Å². The minimum absolute atomic E-state index is 0.00818. The first-order valence-electron chi connectivity index (χ1n) is 23.9. The maximum Gasteiger partial charge on any atom is 0.268 e. The summed E-state index contributed by atoms with van der Waals surface area (Å²) >= 11 is 0. The minimum Gasteiger partial charge on any atom is -0.756 e. The van der Waals surface area contributed by atoms with Crippen LogP contribution in [0.25, 0.3) is 0 Å². The van der Waals surface area contributed by atoms with E-state index in [4.69, 9.17) is 9.05 Å². The van der Waals surface area contributed by atoms with Crippen molar-refractivity contribution in [2.24, 2.45) is 0 Å². The van der Waals surface area contributed by atoms with Crippen molar-refractivity contribution in [1.82, 2.24) is 5.32 Å². The van der Waals surface area contributed by atoms with E-state index in [2.05, 4.69) is 43.5 Å². The number of rotatable bonds is 43. The van der Waals surface area contributed by atoms with Gasteiger partial charge >= 0.3 is 0 Å². The summed E-state index contributed by atoms with van der Waals surface area (Å²) in [5, 5.41) is 13.7. The largest absolute Gasteiger partial charge is 0.756 e. The molecule has 336 valence electrons. The molecule has 0 radical (unpaired) electrons. The third-order valence-electron chi connectivity index (χ3n) is 10.6. The number of carbonyl (C=O) groups excluding carboxylic acids is 1. The highest BCUT2D eigenvalue weighted by atomic mass is 31.2. The van der Waals surface area contributed by atoms with Gasteiger partial charge in [-0.05, 0) is 38.5 Å². The Morgan fingerprint density at radius 2 is 1.00 bits per heavy atom. The molecule has 9 heteroatoms. The lowest BCUT2D eigenvalue weighted by molar-refractivity contribution is -0.870. The van der Waals surface area contributed by atoms with Crippen LogP contribution in [0.5, 0.6) is 0 Å². The number of aliphatic hydroxyl groups excluding tert-OH is 1. The molecule has 0 aromatic heterocycles. The first-order valence-corrected chi connectivity index (χ1v) is 25.3.